The number of hydrogen-bond donors (Lipinski definition) is 0. The number of rotatable bonds is 4. The van der Waals surface area contributed by atoms with E-state index in [0.29, 0.717) is 31.1 Å². The highest BCUT2D eigenvalue weighted by molar-refractivity contribution is 7.89. The van der Waals surface area contributed by atoms with Crippen LogP contribution in [0.3, 0.4) is 0 Å². The van der Waals surface area contributed by atoms with Crippen LogP contribution in [0.5, 0.6) is 11.5 Å². The first kappa shape index (κ1) is 18.1. The normalized spacial score (nSPS) is 18.0. The Hall–Kier alpha value is -2.23. The zero-order valence-electron chi connectivity index (χ0n) is 14.4. The third-order valence-corrected chi connectivity index (χ3v) is 6.64. The van der Waals surface area contributed by atoms with Crippen molar-refractivity contribution >= 4 is 10.0 Å². The topological polar surface area (TPSA) is 59.1 Å². The van der Waals surface area contributed by atoms with Crippen LogP contribution in [0.2, 0.25) is 0 Å². The van der Waals surface area contributed by atoms with Gasteiger partial charge in [-0.2, -0.15) is 4.31 Å². The lowest BCUT2D eigenvalue weighted by atomic mass is 10.2. The number of ether oxygens (including phenoxy) is 2. The van der Waals surface area contributed by atoms with Crippen molar-refractivity contribution in [3.8, 4) is 11.5 Å². The summed E-state index contributed by atoms with van der Waals surface area (Å²) in [6.07, 6.45) is 0. The van der Waals surface area contributed by atoms with Crippen molar-refractivity contribution in [2.45, 2.75) is 11.4 Å². The van der Waals surface area contributed by atoms with E-state index in [-0.39, 0.29) is 19.9 Å². The van der Waals surface area contributed by atoms with E-state index >= 15 is 0 Å². The van der Waals surface area contributed by atoms with Crippen molar-refractivity contribution in [3.05, 3.63) is 53.6 Å². The molecule has 0 amide bonds. The summed E-state index contributed by atoms with van der Waals surface area (Å²) in [5.41, 5.74) is 1.02. The third kappa shape index (κ3) is 3.50. The van der Waals surface area contributed by atoms with Crippen molar-refractivity contribution in [2.75, 3.05) is 33.0 Å². The van der Waals surface area contributed by atoms with Gasteiger partial charge in [0.25, 0.3) is 0 Å². The molecular formula is C18H18F2N2O4S. The minimum absolute atomic E-state index is 0.167. The van der Waals surface area contributed by atoms with Crippen LogP contribution in [-0.2, 0) is 16.6 Å². The van der Waals surface area contributed by atoms with E-state index in [0.717, 1.165) is 28.1 Å². The molecule has 0 saturated carbocycles. The molecule has 0 N–H and O–H groups in total. The van der Waals surface area contributed by atoms with Crippen molar-refractivity contribution in [1.29, 1.82) is 0 Å². The van der Waals surface area contributed by atoms with E-state index < -0.39 is 26.6 Å². The average Bonchev–Trinajstić information content (AvgIpc) is 3.09. The molecule has 0 atom stereocenters. The summed E-state index contributed by atoms with van der Waals surface area (Å²) in [5, 5.41) is 0. The summed E-state index contributed by atoms with van der Waals surface area (Å²) >= 11 is 0. The third-order valence-electron chi connectivity index (χ3n) is 4.69. The first-order valence-electron chi connectivity index (χ1n) is 8.50. The number of sulfonamides is 1. The van der Waals surface area contributed by atoms with Gasteiger partial charge < -0.3 is 9.47 Å². The lowest BCUT2D eigenvalue weighted by Gasteiger charge is -2.34. The first-order valence-corrected chi connectivity index (χ1v) is 9.94. The summed E-state index contributed by atoms with van der Waals surface area (Å²) in [6.45, 7) is 2.09. The van der Waals surface area contributed by atoms with Crippen LogP contribution in [-0.4, -0.2) is 50.6 Å². The molecule has 2 aromatic carbocycles. The Balaban J connectivity index is 1.43. The zero-order chi connectivity index (χ0) is 19.0. The van der Waals surface area contributed by atoms with E-state index in [2.05, 4.69) is 4.90 Å². The molecular weight excluding hydrogens is 378 g/mol. The summed E-state index contributed by atoms with van der Waals surface area (Å²) < 4.78 is 64.8. The molecule has 2 aromatic rings. The molecule has 0 bridgehead atoms. The monoisotopic (exact) mass is 396 g/mol. The van der Waals surface area contributed by atoms with Gasteiger partial charge in [-0.1, -0.05) is 12.1 Å². The maximum atomic E-state index is 13.9. The summed E-state index contributed by atoms with van der Waals surface area (Å²) in [5.74, 6) is -0.735. The van der Waals surface area contributed by atoms with Crippen LogP contribution < -0.4 is 9.47 Å². The molecule has 2 heterocycles. The van der Waals surface area contributed by atoms with Crippen LogP contribution in [0.15, 0.2) is 41.3 Å². The first-order chi connectivity index (χ1) is 12.9. The fourth-order valence-corrected chi connectivity index (χ4v) is 4.81. The van der Waals surface area contributed by atoms with Gasteiger partial charge in [-0.3, -0.25) is 4.90 Å². The van der Waals surface area contributed by atoms with Crippen molar-refractivity contribution < 1.29 is 26.7 Å². The molecule has 1 fully saturated rings. The van der Waals surface area contributed by atoms with Crippen LogP contribution in [0.25, 0.3) is 0 Å². The Morgan fingerprint density at radius 2 is 1.59 bits per heavy atom. The second-order valence-electron chi connectivity index (χ2n) is 6.42. The molecule has 0 radical (unpaired) electrons. The summed E-state index contributed by atoms with van der Waals surface area (Å²) in [6, 6.07) is 8.73. The fraction of sp³-hybridized carbons (Fsp3) is 0.333. The highest BCUT2D eigenvalue weighted by Gasteiger charge is 2.33. The average molecular weight is 396 g/mol. The summed E-state index contributed by atoms with van der Waals surface area (Å²) in [4.78, 5) is 1.20. The minimum Gasteiger partial charge on any atom is -0.454 e. The predicted octanol–water partition coefficient (Wildman–Crippen LogP) is 2.20. The smallest absolute Gasteiger partial charge is 0.249 e. The fourth-order valence-electron chi connectivity index (χ4n) is 3.28. The van der Waals surface area contributed by atoms with Crippen molar-refractivity contribution in [1.82, 2.24) is 9.21 Å². The van der Waals surface area contributed by atoms with E-state index in [4.69, 9.17) is 9.47 Å². The standard InChI is InChI=1S/C18H18F2N2O4S/c19-14-2-1-3-15(20)18(14)27(23,24)22-8-6-21(7-9-22)11-13-4-5-16-17(10-13)26-12-25-16/h1-5,10H,6-9,11-12H2. The molecule has 4 rings (SSSR count). The predicted molar refractivity (Wildman–Crippen MR) is 93.0 cm³/mol. The summed E-state index contributed by atoms with van der Waals surface area (Å²) in [7, 11) is -4.21. The highest BCUT2D eigenvalue weighted by atomic mass is 32.2. The molecule has 2 aliphatic heterocycles. The number of halogens is 2. The molecule has 2 aliphatic rings. The lowest BCUT2D eigenvalue weighted by molar-refractivity contribution is 0.173. The highest BCUT2D eigenvalue weighted by Crippen LogP contribution is 2.33. The quantitative estimate of drug-likeness (QED) is 0.793. The molecule has 0 aromatic heterocycles. The van der Waals surface area contributed by atoms with Gasteiger partial charge >= 0.3 is 0 Å². The SMILES string of the molecule is O=S(=O)(c1c(F)cccc1F)N1CCN(Cc2ccc3c(c2)OCO3)CC1. The number of hydrogen-bond acceptors (Lipinski definition) is 5. The molecule has 9 heteroatoms. The van der Waals surface area contributed by atoms with Gasteiger partial charge in [0, 0.05) is 32.7 Å². The van der Waals surface area contributed by atoms with E-state index in [1.54, 1.807) is 0 Å². The molecule has 0 aliphatic carbocycles. The number of fused-ring (bicyclic) bond motifs is 1. The largest absolute Gasteiger partial charge is 0.454 e. The molecule has 0 unspecified atom stereocenters. The number of piperazine rings is 1. The molecule has 27 heavy (non-hydrogen) atoms. The van der Waals surface area contributed by atoms with Crippen molar-refractivity contribution in [3.63, 3.8) is 0 Å². The second kappa shape index (κ2) is 7.06. The second-order valence-corrected chi connectivity index (χ2v) is 8.29. The van der Waals surface area contributed by atoms with Crippen LogP contribution >= 0.6 is 0 Å². The van der Waals surface area contributed by atoms with E-state index in [9.17, 15) is 17.2 Å². The van der Waals surface area contributed by atoms with Gasteiger partial charge in [-0.05, 0) is 29.8 Å². The van der Waals surface area contributed by atoms with Gasteiger partial charge in [-0.15, -0.1) is 0 Å². The molecule has 0 spiro atoms. The van der Waals surface area contributed by atoms with Gasteiger partial charge in [0.05, 0.1) is 0 Å². The number of benzene rings is 2. The minimum atomic E-state index is -4.21. The van der Waals surface area contributed by atoms with Gasteiger partial charge in [-0.25, -0.2) is 17.2 Å². The van der Waals surface area contributed by atoms with Gasteiger partial charge in [0.2, 0.25) is 16.8 Å². The van der Waals surface area contributed by atoms with Crippen LogP contribution in [0.4, 0.5) is 8.78 Å². The maximum absolute atomic E-state index is 13.9. The Morgan fingerprint density at radius 3 is 2.30 bits per heavy atom. The van der Waals surface area contributed by atoms with Gasteiger partial charge in [0.1, 0.15) is 11.6 Å². The van der Waals surface area contributed by atoms with Gasteiger partial charge in [0.15, 0.2) is 16.4 Å². The van der Waals surface area contributed by atoms with Crippen LogP contribution in [0, 0.1) is 11.6 Å². The van der Waals surface area contributed by atoms with Crippen LogP contribution in [0.1, 0.15) is 5.56 Å². The van der Waals surface area contributed by atoms with E-state index in [1.807, 2.05) is 18.2 Å². The molecule has 6 nitrogen and oxygen atoms in total. The molecule has 1 saturated heterocycles. The Labute approximate surface area is 156 Å². The maximum Gasteiger partial charge on any atom is 0.249 e. The molecule has 144 valence electrons. The Kier molecular flexibility index (Phi) is 4.75. The Morgan fingerprint density at radius 1 is 0.926 bits per heavy atom. The van der Waals surface area contributed by atoms with Crippen molar-refractivity contribution in [2.24, 2.45) is 0 Å². The zero-order valence-corrected chi connectivity index (χ0v) is 15.2. The lowest BCUT2D eigenvalue weighted by Crippen LogP contribution is -2.48. The Bertz CT molecular complexity index is 940. The van der Waals surface area contributed by atoms with E-state index in [1.165, 1.54) is 0 Å². The number of nitrogens with zero attached hydrogens (tertiary/aromatic N) is 2.